The summed E-state index contributed by atoms with van der Waals surface area (Å²) in [4.78, 5) is 44.2. The summed E-state index contributed by atoms with van der Waals surface area (Å²) < 4.78 is 4.61. The smallest absolute Gasteiger partial charge is 0.307 e. The molecule has 2 rings (SSSR count). The van der Waals surface area contributed by atoms with E-state index in [0.29, 0.717) is 10.7 Å². The molecular weight excluding hydrogens is 587 g/mol. The van der Waals surface area contributed by atoms with Crippen LogP contribution in [0.25, 0.3) is 0 Å². The molecule has 1 heterocycles. The number of benzene rings is 1. The van der Waals surface area contributed by atoms with Gasteiger partial charge in [0, 0.05) is 29.6 Å². The van der Waals surface area contributed by atoms with Crippen LogP contribution in [0.3, 0.4) is 0 Å². The van der Waals surface area contributed by atoms with Gasteiger partial charge in [-0.2, -0.15) is 4.99 Å². The van der Waals surface area contributed by atoms with E-state index < -0.39 is 5.25 Å². The molecule has 188 valence electrons. The molecule has 0 aromatic heterocycles. The van der Waals surface area contributed by atoms with Crippen LogP contribution in [0.1, 0.15) is 56.3 Å². The van der Waals surface area contributed by atoms with Gasteiger partial charge in [0.2, 0.25) is 5.91 Å². The maximum absolute atomic E-state index is 12.8. The van der Waals surface area contributed by atoms with Gasteiger partial charge in [-0.3, -0.25) is 14.4 Å². The first-order chi connectivity index (χ1) is 15.9. The number of hydrogen-bond acceptors (Lipinski definition) is 7. The zero-order valence-electron chi connectivity index (χ0n) is 19.7. The third-order valence-electron chi connectivity index (χ3n) is 5.27. The van der Waals surface area contributed by atoms with E-state index in [1.165, 1.54) is 36.2 Å². The van der Waals surface area contributed by atoms with Crippen molar-refractivity contribution in [1.82, 2.24) is 10.2 Å². The molecule has 0 radical (unpaired) electrons. The van der Waals surface area contributed by atoms with Gasteiger partial charge >= 0.3 is 5.97 Å². The fourth-order valence-electron chi connectivity index (χ4n) is 3.37. The van der Waals surface area contributed by atoms with Gasteiger partial charge in [0.05, 0.1) is 19.1 Å². The van der Waals surface area contributed by atoms with Crippen molar-refractivity contribution in [3.05, 3.63) is 29.8 Å². The largest absolute Gasteiger partial charge is 0.469 e. The van der Waals surface area contributed by atoms with Crippen molar-refractivity contribution in [3.63, 3.8) is 0 Å². The molecule has 8 nitrogen and oxygen atoms in total. The van der Waals surface area contributed by atoms with Crippen LogP contribution in [-0.4, -0.2) is 64.9 Å². The number of amides is 2. The number of nitrogens with zero attached hydrogens (tertiary/aromatic N) is 2. The van der Waals surface area contributed by atoms with E-state index in [0.717, 1.165) is 37.1 Å². The minimum absolute atomic E-state index is 0. The third-order valence-corrected chi connectivity index (χ3v) is 7.33. The first kappa shape index (κ1) is 30.4. The van der Waals surface area contributed by atoms with E-state index in [-0.39, 0.29) is 60.8 Å². The van der Waals surface area contributed by atoms with Crippen LogP contribution in [0.4, 0.5) is 0 Å². The molecule has 1 aromatic carbocycles. The topological polar surface area (TPSA) is 112 Å². The quantitative estimate of drug-likeness (QED) is 0.0880. The van der Waals surface area contributed by atoms with Crippen LogP contribution in [-0.2, 0) is 14.3 Å². The SMILES string of the molecule is CCCCCCN1C(=NC(=O)c2ccc(SC=N)cc2)SC(C(=O)NCCC(=O)OC)C1C.I. The lowest BCUT2D eigenvalue weighted by molar-refractivity contribution is -0.140. The standard InChI is InChI=1S/C23H32N4O4S2.HI/c1-4-5-6-7-14-27-16(2)20(22(30)25-13-12-19(28)31-3)33-23(27)26-21(29)17-8-10-18(11-9-17)32-15-24;/h8-11,15-16,20,24H,4-7,12-14H2,1-3H3,(H,25,30);1H. The number of carbonyl (C=O) groups excluding carboxylic acids is 3. The fraction of sp³-hybridized carbons (Fsp3) is 0.522. The summed E-state index contributed by atoms with van der Waals surface area (Å²) in [6, 6.07) is 6.84. The number of hydrogen-bond donors (Lipinski definition) is 2. The molecule has 2 N–H and O–H groups in total. The Bertz CT molecular complexity index is 867. The number of esters is 1. The second-order valence-corrected chi connectivity index (χ2v) is 9.66. The zero-order chi connectivity index (χ0) is 24.2. The van der Waals surface area contributed by atoms with E-state index in [4.69, 9.17) is 5.41 Å². The van der Waals surface area contributed by atoms with Crippen molar-refractivity contribution < 1.29 is 19.1 Å². The number of amidine groups is 1. The summed E-state index contributed by atoms with van der Waals surface area (Å²) in [6.45, 7) is 5.05. The number of halogens is 1. The van der Waals surface area contributed by atoms with E-state index in [1.807, 2.05) is 11.8 Å². The van der Waals surface area contributed by atoms with Crippen molar-refractivity contribution in [2.75, 3.05) is 20.2 Å². The second kappa shape index (κ2) is 16.1. The molecule has 1 fully saturated rings. The molecule has 1 aliphatic rings. The molecule has 11 heteroatoms. The molecule has 1 aliphatic heterocycles. The van der Waals surface area contributed by atoms with Gasteiger partial charge < -0.3 is 20.4 Å². The van der Waals surface area contributed by atoms with Crippen molar-refractivity contribution in [3.8, 4) is 0 Å². The van der Waals surface area contributed by atoms with Crippen LogP contribution in [0, 0.1) is 5.41 Å². The van der Waals surface area contributed by atoms with E-state index in [9.17, 15) is 14.4 Å². The van der Waals surface area contributed by atoms with Crippen molar-refractivity contribution in [1.29, 1.82) is 5.41 Å². The minimum atomic E-state index is -0.424. The first-order valence-corrected chi connectivity index (χ1v) is 12.8. The van der Waals surface area contributed by atoms with E-state index >= 15 is 0 Å². The maximum atomic E-state index is 12.8. The van der Waals surface area contributed by atoms with Crippen LogP contribution >= 0.6 is 47.5 Å². The number of rotatable bonds is 12. The lowest BCUT2D eigenvalue weighted by atomic mass is 10.1. The number of methoxy groups -OCH3 is 1. The number of unbranched alkanes of at least 4 members (excludes halogenated alkanes) is 3. The van der Waals surface area contributed by atoms with Gasteiger partial charge in [-0.25, -0.2) is 0 Å². The lowest BCUT2D eigenvalue weighted by Crippen LogP contribution is -2.43. The molecule has 0 aliphatic carbocycles. The third kappa shape index (κ3) is 9.21. The monoisotopic (exact) mass is 620 g/mol. The average molecular weight is 621 g/mol. The highest BCUT2D eigenvalue weighted by Gasteiger charge is 2.40. The first-order valence-electron chi connectivity index (χ1n) is 11.1. The van der Waals surface area contributed by atoms with Crippen molar-refractivity contribution in [2.45, 2.75) is 62.1 Å². The molecule has 1 aromatic rings. The molecule has 2 atom stereocenters. The van der Waals surface area contributed by atoms with Crippen LogP contribution in [0.15, 0.2) is 34.2 Å². The summed E-state index contributed by atoms with van der Waals surface area (Å²) in [6.07, 6.45) is 4.41. The van der Waals surface area contributed by atoms with Crippen molar-refractivity contribution >= 4 is 76.0 Å². The molecule has 2 amide bonds. The Hall–Kier alpha value is -1.60. The Balaban J connectivity index is 0.00000578. The van der Waals surface area contributed by atoms with Gasteiger partial charge in [-0.15, -0.1) is 24.0 Å². The van der Waals surface area contributed by atoms with Crippen LogP contribution in [0.5, 0.6) is 0 Å². The summed E-state index contributed by atoms with van der Waals surface area (Å²) in [5.74, 6) is -0.917. The number of thioether (sulfide) groups is 2. The van der Waals surface area contributed by atoms with E-state index in [1.54, 1.807) is 24.3 Å². The highest BCUT2D eigenvalue weighted by molar-refractivity contribution is 14.0. The molecule has 0 saturated carbocycles. The molecule has 34 heavy (non-hydrogen) atoms. The maximum Gasteiger partial charge on any atom is 0.307 e. The van der Waals surface area contributed by atoms with Crippen LogP contribution < -0.4 is 5.32 Å². The number of nitrogens with one attached hydrogen (secondary N) is 2. The Morgan fingerprint density at radius 3 is 2.56 bits per heavy atom. The summed E-state index contributed by atoms with van der Waals surface area (Å²) in [7, 11) is 1.31. The summed E-state index contributed by atoms with van der Waals surface area (Å²) >= 11 is 2.55. The highest BCUT2D eigenvalue weighted by atomic mass is 127. The molecule has 0 bridgehead atoms. The zero-order valence-corrected chi connectivity index (χ0v) is 23.7. The number of aliphatic imine (C=N–C) groups is 1. The molecule has 0 spiro atoms. The lowest BCUT2D eigenvalue weighted by Gasteiger charge is -2.25. The predicted octanol–water partition coefficient (Wildman–Crippen LogP) is 4.57. The summed E-state index contributed by atoms with van der Waals surface area (Å²) in [5.41, 5.74) is 1.70. The summed E-state index contributed by atoms with van der Waals surface area (Å²) in [5, 5.41) is 10.1. The van der Waals surface area contributed by atoms with E-state index in [2.05, 4.69) is 22.0 Å². The van der Waals surface area contributed by atoms with Gasteiger partial charge in [0.1, 0.15) is 5.25 Å². The Labute approximate surface area is 227 Å². The van der Waals surface area contributed by atoms with Crippen LogP contribution in [0.2, 0.25) is 0 Å². The van der Waals surface area contributed by atoms with Gasteiger partial charge in [-0.05, 0) is 37.6 Å². The van der Waals surface area contributed by atoms with Crippen molar-refractivity contribution in [2.24, 2.45) is 4.99 Å². The predicted molar refractivity (Wildman–Crippen MR) is 150 cm³/mol. The minimum Gasteiger partial charge on any atom is -0.469 e. The highest BCUT2D eigenvalue weighted by Crippen LogP contribution is 2.33. The molecular formula is C23H33IN4O4S2. The number of carbonyl (C=O) groups is 3. The molecule has 2 unspecified atom stereocenters. The normalized spacial score (nSPS) is 18.3. The Morgan fingerprint density at radius 1 is 1.24 bits per heavy atom. The number of ether oxygens (including phenoxy) is 1. The Kier molecular flexibility index (Phi) is 14.4. The fourth-order valence-corrected chi connectivity index (χ4v) is 5.09. The second-order valence-electron chi connectivity index (χ2n) is 7.61. The molecule has 1 saturated heterocycles. The van der Waals surface area contributed by atoms with Gasteiger partial charge in [-0.1, -0.05) is 49.7 Å². The Morgan fingerprint density at radius 2 is 1.94 bits per heavy atom. The van der Waals surface area contributed by atoms with Gasteiger partial charge in [0.15, 0.2) is 5.17 Å². The van der Waals surface area contributed by atoms with Gasteiger partial charge in [0.25, 0.3) is 5.91 Å². The average Bonchev–Trinajstić information content (AvgIpc) is 3.12.